The van der Waals surface area contributed by atoms with Gasteiger partial charge in [-0.2, -0.15) is 5.10 Å². The van der Waals surface area contributed by atoms with E-state index in [1.54, 1.807) is 10.9 Å². The highest BCUT2D eigenvalue weighted by Gasteiger charge is 2.33. The maximum absolute atomic E-state index is 11.7. The average molecular weight is 286 g/mol. The van der Waals surface area contributed by atoms with Crippen LogP contribution in [0.25, 0.3) is 0 Å². The van der Waals surface area contributed by atoms with Crippen molar-refractivity contribution >= 4 is 9.84 Å². The Labute approximate surface area is 114 Å². The lowest BCUT2D eigenvalue weighted by atomic mass is 9.82. The number of aliphatic hydroxyl groups is 1. The maximum atomic E-state index is 11.7. The van der Waals surface area contributed by atoms with Gasteiger partial charge in [0.25, 0.3) is 0 Å². The minimum Gasteiger partial charge on any atom is -0.388 e. The lowest BCUT2D eigenvalue weighted by Gasteiger charge is -2.31. The molecule has 1 aromatic heterocycles. The molecular formula is C13H22N2O3S. The summed E-state index contributed by atoms with van der Waals surface area (Å²) in [6.07, 6.45) is 5.37. The number of hydrogen-bond acceptors (Lipinski definition) is 4. The molecule has 0 radical (unpaired) electrons. The summed E-state index contributed by atoms with van der Waals surface area (Å²) >= 11 is 0. The molecular weight excluding hydrogens is 264 g/mol. The molecule has 19 heavy (non-hydrogen) atoms. The quantitative estimate of drug-likeness (QED) is 0.911. The summed E-state index contributed by atoms with van der Waals surface area (Å²) in [5, 5.41) is 14.3. The zero-order chi connectivity index (χ0) is 14.2. The van der Waals surface area contributed by atoms with Gasteiger partial charge >= 0.3 is 0 Å². The summed E-state index contributed by atoms with van der Waals surface area (Å²) in [4.78, 5) is 0. The minimum atomic E-state index is -3.01. The van der Waals surface area contributed by atoms with E-state index < -0.39 is 15.9 Å². The number of aromatic nitrogens is 2. The topological polar surface area (TPSA) is 72.2 Å². The van der Waals surface area contributed by atoms with Gasteiger partial charge in [-0.1, -0.05) is 6.42 Å². The van der Waals surface area contributed by atoms with Gasteiger partial charge < -0.3 is 5.11 Å². The maximum Gasteiger partial charge on any atom is 0.150 e. The molecule has 1 N–H and O–H groups in total. The van der Waals surface area contributed by atoms with Crippen molar-refractivity contribution in [2.24, 2.45) is 13.0 Å². The minimum absolute atomic E-state index is 0.0105. The van der Waals surface area contributed by atoms with E-state index in [0.717, 1.165) is 24.1 Å². The van der Waals surface area contributed by atoms with Crippen molar-refractivity contribution in [1.82, 2.24) is 9.78 Å². The van der Waals surface area contributed by atoms with Crippen molar-refractivity contribution in [1.29, 1.82) is 0 Å². The van der Waals surface area contributed by atoms with E-state index in [-0.39, 0.29) is 11.2 Å². The molecule has 0 bridgehead atoms. The van der Waals surface area contributed by atoms with Gasteiger partial charge in [0, 0.05) is 24.6 Å². The Morgan fingerprint density at radius 1 is 1.47 bits per heavy atom. The van der Waals surface area contributed by atoms with Crippen LogP contribution in [0.15, 0.2) is 6.20 Å². The molecule has 6 heteroatoms. The Kier molecular flexibility index (Phi) is 4.01. The van der Waals surface area contributed by atoms with Gasteiger partial charge in [0.05, 0.1) is 17.6 Å². The Morgan fingerprint density at radius 2 is 2.16 bits per heavy atom. The molecule has 0 aliphatic heterocycles. The van der Waals surface area contributed by atoms with Gasteiger partial charge in [0.2, 0.25) is 0 Å². The monoisotopic (exact) mass is 286 g/mol. The number of rotatable bonds is 3. The number of hydrogen-bond donors (Lipinski definition) is 1. The molecule has 0 saturated heterocycles. The third-order valence-corrected chi connectivity index (χ3v) is 5.95. The average Bonchev–Trinajstić information content (AvgIpc) is 2.68. The molecule has 0 aromatic carbocycles. The first-order valence-corrected chi connectivity index (χ1v) is 8.61. The fourth-order valence-electron chi connectivity index (χ4n) is 2.92. The van der Waals surface area contributed by atoms with Crippen molar-refractivity contribution in [2.45, 2.75) is 44.0 Å². The molecule has 5 nitrogen and oxygen atoms in total. The largest absolute Gasteiger partial charge is 0.388 e. The molecule has 1 heterocycles. The van der Waals surface area contributed by atoms with Crippen LogP contribution in [-0.2, 0) is 16.9 Å². The smallest absolute Gasteiger partial charge is 0.150 e. The van der Waals surface area contributed by atoms with Crippen LogP contribution in [-0.4, -0.2) is 34.8 Å². The Bertz CT molecular complexity index is 550. The van der Waals surface area contributed by atoms with Crippen LogP contribution in [0.1, 0.15) is 43.0 Å². The van der Waals surface area contributed by atoms with Crippen molar-refractivity contribution in [3.63, 3.8) is 0 Å². The summed E-state index contributed by atoms with van der Waals surface area (Å²) in [7, 11) is -1.17. The molecule has 1 fully saturated rings. The summed E-state index contributed by atoms with van der Waals surface area (Å²) in [6, 6.07) is 0. The molecule has 1 saturated carbocycles. The van der Waals surface area contributed by atoms with Crippen molar-refractivity contribution in [3.05, 3.63) is 17.5 Å². The van der Waals surface area contributed by atoms with Gasteiger partial charge in [-0.25, -0.2) is 8.42 Å². The first-order chi connectivity index (χ1) is 8.80. The summed E-state index contributed by atoms with van der Waals surface area (Å²) in [6.45, 7) is 1.92. The zero-order valence-corrected chi connectivity index (χ0v) is 12.5. The highest BCUT2D eigenvalue weighted by Crippen LogP contribution is 2.37. The molecule has 0 spiro atoms. The van der Waals surface area contributed by atoms with Gasteiger partial charge in [-0.05, 0) is 32.1 Å². The predicted molar refractivity (Wildman–Crippen MR) is 73.5 cm³/mol. The normalized spacial score (nSPS) is 26.3. The van der Waals surface area contributed by atoms with Crippen molar-refractivity contribution in [2.75, 3.05) is 6.26 Å². The molecule has 1 aliphatic rings. The van der Waals surface area contributed by atoms with Crippen LogP contribution in [0, 0.1) is 12.8 Å². The lowest BCUT2D eigenvalue weighted by Crippen LogP contribution is -2.30. The van der Waals surface area contributed by atoms with Gasteiger partial charge in [0.15, 0.2) is 0 Å². The molecule has 2 rings (SSSR count). The Balaban J connectivity index is 2.16. The van der Waals surface area contributed by atoms with E-state index in [4.69, 9.17) is 0 Å². The fraction of sp³-hybridized carbons (Fsp3) is 0.769. The highest BCUT2D eigenvalue weighted by molar-refractivity contribution is 7.91. The van der Waals surface area contributed by atoms with E-state index in [2.05, 4.69) is 5.10 Å². The van der Waals surface area contributed by atoms with Gasteiger partial charge in [0.1, 0.15) is 9.84 Å². The van der Waals surface area contributed by atoms with Crippen molar-refractivity contribution < 1.29 is 13.5 Å². The fourth-order valence-corrected chi connectivity index (χ4v) is 4.11. The van der Waals surface area contributed by atoms with Crippen LogP contribution in [0.5, 0.6) is 0 Å². The summed E-state index contributed by atoms with van der Waals surface area (Å²) in [5.74, 6) is 0.0105. The van der Waals surface area contributed by atoms with E-state index >= 15 is 0 Å². The van der Waals surface area contributed by atoms with Crippen LogP contribution in [0.3, 0.4) is 0 Å². The third-order valence-electron chi connectivity index (χ3n) is 4.31. The second kappa shape index (κ2) is 5.25. The standard InChI is InChI=1S/C13H22N2O3S/c1-9-12(8-14-15(9)2)13(16)10-5-4-6-11(7-10)19(3,17)18/h8,10-11,13,16H,4-7H2,1-3H3. The van der Waals surface area contributed by atoms with Gasteiger partial charge in [-0.15, -0.1) is 0 Å². The summed E-state index contributed by atoms with van der Waals surface area (Å²) < 4.78 is 25.1. The van der Waals surface area contributed by atoms with E-state index in [9.17, 15) is 13.5 Å². The SMILES string of the molecule is Cc1c(C(O)C2CCCC(S(C)(=O)=O)C2)cnn1C. The summed E-state index contributed by atoms with van der Waals surface area (Å²) in [5.41, 5.74) is 1.76. The first kappa shape index (κ1) is 14.5. The molecule has 3 atom stereocenters. The molecule has 0 amide bonds. The van der Waals surface area contributed by atoms with Crippen LogP contribution in [0.2, 0.25) is 0 Å². The molecule has 3 unspecified atom stereocenters. The second-order valence-electron chi connectivity index (χ2n) is 5.63. The second-order valence-corrected chi connectivity index (χ2v) is 7.96. The number of aryl methyl sites for hydroxylation is 1. The van der Waals surface area contributed by atoms with E-state index in [1.807, 2.05) is 14.0 Å². The van der Waals surface area contributed by atoms with Crippen LogP contribution < -0.4 is 0 Å². The number of sulfone groups is 1. The predicted octanol–water partition coefficient (Wildman–Crippen LogP) is 1.37. The highest BCUT2D eigenvalue weighted by atomic mass is 32.2. The molecule has 1 aromatic rings. The molecule has 108 valence electrons. The lowest BCUT2D eigenvalue weighted by molar-refractivity contribution is 0.0851. The number of nitrogens with zero attached hydrogens (tertiary/aromatic N) is 2. The number of aliphatic hydroxyl groups excluding tert-OH is 1. The Morgan fingerprint density at radius 3 is 2.68 bits per heavy atom. The third kappa shape index (κ3) is 3.00. The van der Waals surface area contributed by atoms with E-state index in [1.165, 1.54) is 6.26 Å². The van der Waals surface area contributed by atoms with Crippen LogP contribution in [0.4, 0.5) is 0 Å². The van der Waals surface area contributed by atoms with Crippen LogP contribution >= 0.6 is 0 Å². The van der Waals surface area contributed by atoms with Crippen molar-refractivity contribution in [3.8, 4) is 0 Å². The van der Waals surface area contributed by atoms with E-state index in [0.29, 0.717) is 12.8 Å². The molecule has 1 aliphatic carbocycles. The first-order valence-electron chi connectivity index (χ1n) is 6.66. The van der Waals surface area contributed by atoms with Gasteiger partial charge in [-0.3, -0.25) is 4.68 Å². The zero-order valence-electron chi connectivity index (χ0n) is 11.7. The Hall–Kier alpha value is -0.880.